The van der Waals surface area contributed by atoms with E-state index < -0.39 is 0 Å². The first kappa shape index (κ1) is 7.03. The molecule has 12 heavy (non-hydrogen) atoms. The number of amides is 1. The quantitative estimate of drug-likeness (QED) is 0.603. The molecule has 1 aliphatic heterocycles. The summed E-state index contributed by atoms with van der Waals surface area (Å²) in [5.74, 6) is -0.353. The molecular weight excluding hydrogens is 152 g/mol. The lowest BCUT2D eigenvalue weighted by molar-refractivity contribution is -0.114. The predicted octanol–water partition coefficient (Wildman–Crippen LogP) is 0.697. The fourth-order valence-corrected chi connectivity index (χ4v) is 1.37. The van der Waals surface area contributed by atoms with Crippen LogP contribution in [0.2, 0.25) is 0 Å². The molecule has 1 aliphatic carbocycles. The van der Waals surface area contributed by atoms with E-state index in [0.29, 0.717) is 12.0 Å². The Morgan fingerprint density at radius 2 is 2.33 bits per heavy atom. The van der Waals surface area contributed by atoms with Gasteiger partial charge in [-0.15, -0.1) is 0 Å². The maximum atomic E-state index is 10.9. The Morgan fingerprint density at radius 3 is 3.08 bits per heavy atom. The monoisotopic (exact) mass is 160 g/mol. The smallest absolute Gasteiger partial charge is 0.245 e. The zero-order valence-electron chi connectivity index (χ0n) is 6.45. The number of nitrogens with two attached hydrogens (primary N) is 1. The maximum Gasteiger partial charge on any atom is 0.245 e. The molecule has 1 amide bonds. The molecule has 2 N–H and O–H groups in total. The van der Waals surface area contributed by atoms with Crippen molar-refractivity contribution in [3.63, 3.8) is 0 Å². The molecule has 3 heteroatoms. The predicted molar refractivity (Wildman–Crippen MR) is 46.6 cm³/mol. The Balaban J connectivity index is 2.51. The van der Waals surface area contributed by atoms with Crippen molar-refractivity contribution < 1.29 is 4.79 Å². The van der Waals surface area contributed by atoms with E-state index in [4.69, 9.17) is 5.73 Å². The Hall–Kier alpha value is -1.64. The van der Waals surface area contributed by atoms with Crippen LogP contribution in [0.1, 0.15) is 6.42 Å². The second kappa shape index (κ2) is 2.44. The SMILES string of the molecule is NC(=O)C1=C2C=CN=C2C=CC1. The van der Waals surface area contributed by atoms with E-state index in [9.17, 15) is 4.79 Å². The molecule has 0 aromatic heterocycles. The van der Waals surface area contributed by atoms with Gasteiger partial charge in [-0.05, 0) is 18.6 Å². The molecule has 0 bridgehead atoms. The third-order valence-corrected chi connectivity index (χ3v) is 1.95. The van der Waals surface area contributed by atoms with Crippen LogP contribution in [0.15, 0.2) is 40.6 Å². The number of primary amides is 1. The van der Waals surface area contributed by atoms with Gasteiger partial charge in [0.2, 0.25) is 5.91 Å². The minimum absolute atomic E-state index is 0.353. The van der Waals surface area contributed by atoms with Gasteiger partial charge < -0.3 is 5.73 Å². The van der Waals surface area contributed by atoms with Crippen molar-refractivity contribution in [3.8, 4) is 0 Å². The number of carbonyl (C=O) groups excluding carboxylic acids is 1. The first-order valence-electron chi connectivity index (χ1n) is 3.73. The van der Waals surface area contributed by atoms with Gasteiger partial charge in [-0.1, -0.05) is 6.08 Å². The lowest BCUT2D eigenvalue weighted by atomic mass is 9.96. The standard InChI is InChI=1S/C9H8N2O/c10-9(12)7-2-1-3-8-6(7)4-5-11-8/h1,3-5H,2H2,(H2,10,12). The van der Waals surface area contributed by atoms with Crippen molar-refractivity contribution in [1.29, 1.82) is 0 Å². The minimum atomic E-state index is -0.353. The highest BCUT2D eigenvalue weighted by atomic mass is 16.1. The van der Waals surface area contributed by atoms with Gasteiger partial charge in [0.1, 0.15) is 0 Å². The summed E-state index contributed by atoms with van der Waals surface area (Å²) in [6, 6.07) is 0. The summed E-state index contributed by atoms with van der Waals surface area (Å²) < 4.78 is 0. The van der Waals surface area contributed by atoms with Crippen molar-refractivity contribution >= 4 is 11.6 Å². The van der Waals surface area contributed by atoms with Gasteiger partial charge in [-0.2, -0.15) is 0 Å². The molecule has 0 fully saturated rings. The topological polar surface area (TPSA) is 55.5 Å². The minimum Gasteiger partial charge on any atom is -0.366 e. The molecule has 0 saturated heterocycles. The molecule has 0 aromatic rings. The average Bonchev–Trinajstić information content (AvgIpc) is 2.49. The van der Waals surface area contributed by atoms with Gasteiger partial charge in [-0.3, -0.25) is 9.79 Å². The highest BCUT2D eigenvalue weighted by Gasteiger charge is 2.18. The number of fused-ring (bicyclic) bond motifs is 1. The number of hydrogen-bond donors (Lipinski definition) is 1. The van der Waals surface area contributed by atoms with Crippen molar-refractivity contribution in [2.45, 2.75) is 6.42 Å². The zero-order chi connectivity index (χ0) is 8.55. The van der Waals surface area contributed by atoms with Crippen LogP contribution in [-0.4, -0.2) is 11.6 Å². The van der Waals surface area contributed by atoms with E-state index in [1.165, 1.54) is 0 Å². The van der Waals surface area contributed by atoms with Crippen LogP contribution >= 0.6 is 0 Å². The van der Waals surface area contributed by atoms with Crippen molar-refractivity contribution in [2.24, 2.45) is 10.7 Å². The second-order valence-corrected chi connectivity index (χ2v) is 2.69. The highest BCUT2D eigenvalue weighted by molar-refractivity contribution is 6.17. The van der Waals surface area contributed by atoms with E-state index >= 15 is 0 Å². The van der Waals surface area contributed by atoms with Crippen LogP contribution in [0.25, 0.3) is 0 Å². The maximum absolute atomic E-state index is 10.9. The van der Waals surface area contributed by atoms with Crippen molar-refractivity contribution in [3.05, 3.63) is 35.6 Å². The molecule has 0 radical (unpaired) electrons. The first-order valence-corrected chi connectivity index (χ1v) is 3.73. The van der Waals surface area contributed by atoms with Crippen LogP contribution in [0.3, 0.4) is 0 Å². The summed E-state index contributed by atoms with van der Waals surface area (Å²) in [7, 11) is 0. The fraction of sp³-hybridized carbons (Fsp3) is 0.111. The highest BCUT2D eigenvalue weighted by Crippen LogP contribution is 2.22. The molecule has 3 nitrogen and oxygen atoms in total. The number of allylic oxidation sites excluding steroid dienone is 4. The van der Waals surface area contributed by atoms with Gasteiger partial charge in [-0.25, -0.2) is 0 Å². The van der Waals surface area contributed by atoms with Crippen LogP contribution in [0.4, 0.5) is 0 Å². The molecule has 0 unspecified atom stereocenters. The molecule has 60 valence electrons. The molecule has 0 aromatic carbocycles. The number of nitrogens with zero attached hydrogens (tertiary/aromatic N) is 1. The number of aliphatic imine (C=N–C) groups is 1. The Morgan fingerprint density at radius 1 is 1.50 bits per heavy atom. The van der Waals surface area contributed by atoms with Gasteiger partial charge in [0, 0.05) is 17.3 Å². The van der Waals surface area contributed by atoms with Crippen LogP contribution in [0, 0.1) is 0 Å². The summed E-state index contributed by atoms with van der Waals surface area (Å²) in [5.41, 5.74) is 7.58. The second-order valence-electron chi connectivity index (χ2n) is 2.69. The summed E-state index contributed by atoms with van der Waals surface area (Å²) in [6.45, 7) is 0. The third-order valence-electron chi connectivity index (χ3n) is 1.95. The van der Waals surface area contributed by atoms with Crippen LogP contribution in [-0.2, 0) is 4.79 Å². The van der Waals surface area contributed by atoms with Crippen molar-refractivity contribution in [1.82, 2.24) is 0 Å². The zero-order valence-corrected chi connectivity index (χ0v) is 6.45. The van der Waals surface area contributed by atoms with E-state index in [1.807, 2.05) is 18.2 Å². The van der Waals surface area contributed by atoms with E-state index in [0.717, 1.165) is 11.3 Å². The van der Waals surface area contributed by atoms with E-state index in [-0.39, 0.29) is 5.91 Å². The summed E-state index contributed by atoms with van der Waals surface area (Å²) in [6.07, 6.45) is 7.92. The summed E-state index contributed by atoms with van der Waals surface area (Å²) >= 11 is 0. The van der Waals surface area contributed by atoms with E-state index in [1.54, 1.807) is 6.20 Å². The van der Waals surface area contributed by atoms with Crippen LogP contribution < -0.4 is 5.73 Å². The molecular formula is C9H8N2O. The molecule has 0 atom stereocenters. The van der Waals surface area contributed by atoms with Gasteiger partial charge >= 0.3 is 0 Å². The summed E-state index contributed by atoms with van der Waals surface area (Å²) in [4.78, 5) is 15.0. The van der Waals surface area contributed by atoms with E-state index in [2.05, 4.69) is 4.99 Å². The molecule has 1 heterocycles. The normalized spacial score (nSPS) is 19.5. The lowest BCUT2D eigenvalue weighted by Gasteiger charge is -2.09. The third kappa shape index (κ3) is 0.906. The first-order chi connectivity index (χ1) is 5.79. The Labute approximate surface area is 70.0 Å². The lowest BCUT2D eigenvalue weighted by Crippen LogP contribution is -2.18. The number of carbonyl (C=O) groups is 1. The van der Waals surface area contributed by atoms with Gasteiger partial charge in [0.15, 0.2) is 0 Å². The Kier molecular flexibility index (Phi) is 1.43. The molecule has 2 aliphatic rings. The van der Waals surface area contributed by atoms with Gasteiger partial charge in [0.25, 0.3) is 0 Å². The molecule has 0 saturated carbocycles. The Bertz CT molecular complexity index is 359. The van der Waals surface area contributed by atoms with Crippen LogP contribution in [0.5, 0.6) is 0 Å². The average molecular weight is 160 g/mol. The van der Waals surface area contributed by atoms with Crippen molar-refractivity contribution in [2.75, 3.05) is 0 Å². The number of rotatable bonds is 1. The summed E-state index contributed by atoms with van der Waals surface area (Å²) in [5, 5.41) is 0. The molecule has 2 rings (SSSR count). The largest absolute Gasteiger partial charge is 0.366 e. The fourth-order valence-electron chi connectivity index (χ4n) is 1.37. The number of hydrogen-bond acceptors (Lipinski definition) is 2. The van der Waals surface area contributed by atoms with Gasteiger partial charge in [0.05, 0.1) is 5.71 Å². The molecule has 0 spiro atoms.